The number of ether oxygens (including phenoxy) is 2. The van der Waals surface area contributed by atoms with Gasteiger partial charge in [0.05, 0.1) is 0 Å². The number of amides is 1. The Labute approximate surface area is 202 Å². The van der Waals surface area contributed by atoms with E-state index in [1.807, 2.05) is 42.5 Å². The number of carbonyl (C=O) groups is 2. The van der Waals surface area contributed by atoms with Crippen LogP contribution in [0.1, 0.15) is 41.3 Å². The maximum absolute atomic E-state index is 12.5. The molecule has 35 heavy (non-hydrogen) atoms. The minimum atomic E-state index is -0.778. The van der Waals surface area contributed by atoms with E-state index in [-0.39, 0.29) is 30.0 Å². The summed E-state index contributed by atoms with van der Waals surface area (Å²) in [5, 5.41) is 3.24. The summed E-state index contributed by atoms with van der Waals surface area (Å²) in [5.41, 5.74) is 1.41. The van der Waals surface area contributed by atoms with Crippen molar-refractivity contribution in [2.24, 2.45) is 0 Å². The molecule has 0 spiro atoms. The summed E-state index contributed by atoms with van der Waals surface area (Å²) >= 11 is 0. The van der Waals surface area contributed by atoms with E-state index in [1.54, 1.807) is 24.3 Å². The summed E-state index contributed by atoms with van der Waals surface area (Å²) in [4.78, 5) is 37.1. The zero-order valence-corrected chi connectivity index (χ0v) is 19.4. The molecule has 1 amide bonds. The molecule has 0 unspecified atom stereocenters. The van der Waals surface area contributed by atoms with Crippen molar-refractivity contribution in [3.8, 4) is 11.5 Å². The van der Waals surface area contributed by atoms with Gasteiger partial charge < -0.3 is 19.2 Å². The lowest BCUT2D eigenvalue weighted by Gasteiger charge is -2.09. The first-order valence-electron chi connectivity index (χ1n) is 11.2. The first-order valence-corrected chi connectivity index (χ1v) is 11.2. The summed E-state index contributed by atoms with van der Waals surface area (Å²) < 4.78 is 16.1. The monoisotopic (exact) mass is 471 g/mol. The van der Waals surface area contributed by atoms with E-state index in [2.05, 4.69) is 19.2 Å². The van der Waals surface area contributed by atoms with Crippen LogP contribution >= 0.6 is 0 Å². The predicted octanol–water partition coefficient (Wildman–Crippen LogP) is 4.83. The van der Waals surface area contributed by atoms with Crippen molar-refractivity contribution in [3.05, 3.63) is 106 Å². The normalized spacial score (nSPS) is 10.8. The van der Waals surface area contributed by atoms with Crippen molar-refractivity contribution < 1.29 is 23.5 Å². The fraction of sp³-hybridized carbons (Fsp3) is 0.179. The average Bonchev–Trinajstić information content (AvgIpc) is 2.86. The van der Waals surface area contributed by atoms with Crippen LogP contribution in [-0.2, 0) is 11.3 Å². The molecule has 7 heteroatoms. The van der Waals surface area contributed by atoms with Gasteiger partial charge >= 0.3 is 11.6 Å². The predicted molar refractivity (Wildman–Crippen MR) is 132 cm³/mol. The van der Waals surface area contributed by atoms with Crippen molar-refractivity contribution in [2.75, 3.05) is 6.61 Å². The van der Waals surface area contributed by atoms with E-state index in [0.717, 1.165) is 5.56 Å². The molecule has 178 valence electrons. The van der Waals surface area contributed by atoms with Crippen LogP contribution in [0, 0.1) is 0 Å². The first-order chi connectivity index (χ1) is 16.9. The number of nitrogens with one attached hydrogen (secondary N) is 1. The summed E-state index contributed by atoms with van der Waals surface area (Å²) in [5.74, 6) is 0.0384. The van der Waals surface area contributed by atoms with Crippen molar-refractivity contribution in [2.45, 2.75) is 26.3 Å². The van der Waals surface area contributed by atoms with Crippen LogP contribution < -0.4 is 20.4 Å². The summed E-state index contributed by atoms with van der Waals surface area (Å²) in [6.45, 7) is 4.21. The molecule has 4 rings (SSSR count). The molecular weight excluding hydrogens is 446 g/mol. The van der Waals surface area contributed by atoms with Crippen molar-refractivity contribution >= 4 is 22.8 Å². The van der Waals surface area contributed by atoms with E-state index in [0.29, 0.717) is 17.1 Å². The van der Waals surface area contributed by atoms with Gasteiger partial charge in [-0.15, -0.1) is 0 Å². The minimum absolute atomic E-state index is 0.102. The Morgan fingerprint density at radius 2 is 1.63 bits per heavy atom. The van der Waals surface area contributed by atoms with Crippen LogP contribution in [0.25, 0.3) is 11.0 Å². The molecule has 0 fully saturated rings. The molecule has 0 aliphatic rings. The number of hydrogen-bond donors (Lipinski definition) is 1. The van der Waals surface area contributed by atoms with E-state index >= 15 is 0 Å². The van der Waals surface area contributed by atoms with Crippen LogP contribution in [0.4, 0.5) is 0 Å². The maximum Gasteiger partial charge on any atom is 0.349 e. The van der Waals surface area contributed by atoms with Gasteiger partial charge in [0.25, 0.3) is 5.91 Å². The summed E-state index contributed by atoms with van der Waals surface area (Å²) in [6.07, 6.45) is 0. The number of fused-ring (bicyclic) bond motifs is 1. The second-order valence-corrected chi connectivity index (χ2v) is 8.30. The Morgan fingerprint density at radius 1 is 0.914 bits per heavy atom. The molecule has 1 heterocycles. The van der Waals surface area contributed by atoms with Gasteiger partial charge in [-0.05, 0) is 47.4 Å². The molecule has 0 bridgehead atoms. The summed E-state index contributed by atoms with van der Waals surface area (Å²) in [6, 6.07) is 22.9. The summed E-state index contributed by atoms with van der Waals surface area (Å²) in [7, 11) is 0. The van der Waals surface area contributed by atoms with Crippen molar-refractivity contribution in [1.29, 1.82) is 0 Å². The Bertz CT molecular complexity index is 1390. The van der Waals surface area contributed by atoms with Gasteiger partial charge in [0.1, 0.15) is 22.6 Å². The number of esters is 1. The lowest BCUT2D eigenvalue weighted by Crippen LogP contribution is -2.27. The largest absolute Gasteiger partial charge is 0.482 e. The molecule has 1 aromatic heterocycles. The molecule has 0 aliphatic carbocycles. The van der Waals surface area contributed by atoms with Crippen LogP contribution in [0.3, 0.4) is 0 Å². The minimum Gasteiger partial charge on any atom is -0.482 e. The quantitative estimate of drug-likeness (QED) is 0.225. The molecular formula is C28H25NO6. The van der Waals surface area contributed by atoms with Gasteiger partial charge in [-0.1, -0.05) is 56.3 Å². The highest BCUT2D eigenvalue weighted by Crippen LogP contribution is 2.22. The first kappa shape index (κ1) is 23.8. The molecule has 0 saturated carbocycles. The number of hydrogen-bond acceptors (Lipinski definition) is 6. The molecule has 3 aromatic carbocycles. The zero-order chi connectivity index (χ0) is 24.8. The van der Waals surface area contributed by atoms with Crippen LogP contribution in [-0.4, -0.2) is 18.5 Å². The van der Waals surface area contributed by atoms with Gasteiger partial charge in [0.2, 0.25) is 0 Å². The molecule has 1 N–H and O–H groups in total. The van der Waals surface area contributed by atoms with Gasteiger partial charge in [-0.2, -0.15) is 0 Å². The second-order valence-electron chi connectivity index (χ2n) is 8.30. The number of benzene rings is 3. The molecule has 0 atom stereocenters. The molecule has 0 radical (unpaired) electrons. The fourth-order valence-corrected chi connectivity index (χ4v) is 3.44. The molecule has 0 aliphatic heterocycles. The zero-order valence-electron chi connectivity index (χ0n) is 19.4. The second kappa shape index (κ2) is 10.7. The van der Waals surface area contributed by atoms with Crippen molar-refractivity contribution in [3.63, 3.8) is 0 Å². The number of rotatable bonds is 8. The van der Waals surface area contributed by atoms with Crippen molar-refractivity contribution in [1.82, 2.24) is 5.32 Å². The van der Waals surface area contributed by atoms with E-state index < -0.39 is 17.5 Å². The highest BCUT2D eigenvalue weighted by atomic mass is 16.6. The van der Waals surface area contributed by atoms with Gasteiger partial charge in [0, 0.05) is 18.0 Å². The Hall–Kier alpha value is -4.39. The smallest absolute Gasteiger partial charge is 0.349 e. The third kappa shape index (κ3) is 6.14. The SMILES string of the molecule is CC(C)c1ccc(OCC(=O)Oc2ccc3cc(C(=O)NCc4ccccc4)c(=O)oc3c2)cc1. The number of carbonyl (C=O) groups excluding carboxylic acids is 2. The van der Waals surface area contributed by atoms with Gasteiger partial charge in [-0.3, -0.25) is 4.79 Å². The van der Waals surface area contributed by atoms with E-state index in [9.17, 15) is 14.4 Å². The maximum atomic E-state index is 12.5. The lowest BCUT2D eigenvalue weighted by atomic mass is 10.0. The molecule has 7 nitrogen and oxygen atoms in total. The van der Waals surface area contributed by atoms with Crippen LogP contribution in [0.15, 0.2) is 88.1 Å². The van der Waals surface area contributed by atoms with Gasteiger partial charge in [-0.25, -0.2) is 9.59 Å². The third-order valence-electron chi connectivity index (χ3n) is 5.38. The Morgan fingerprint density at radius 3 is 2.34 bits per heavy atom. The molecule has 0 saturated heterocycles. The van der Waals surface area contributed by atoms with Crippen LogP contribution in [0.2, 0.25) is 0 Å². The van der Waals surface area contributed by atoms with E-state index in [1.165, 1.54) is 17.7 Å². The Kier molecular flexibility index (Phi) is 7.26. The fourth-order valence-electron chi connectivity index (χ4n) is 3.44. The Balaban J connectivity index is 1.38. The highest BCUT2D eigenvalue weighted by molar-refractivity contribution is 5.96. The topological polar surface area (TPSA) is 94.8 Å². The highest BCUT2D eigenvalue weighted by Gasteiger charge is 2.15. The third-order valence-corrected chi connectivity index (χ3v) is 5.38. The molecule has 4 aromatic rings. The average molecular weight is 472 g/mol. The van der Waals surface area contributed by atoms with Gasteiger partial charge in [0.15, 0.2) is 6.61 Å². The van der Waals surface area contributed by atoms with E-state index in [4.69, 9.17) is 13.9 Å². The van der Waals surface area contributed by atoms with Crippen LogP contribution in [0.5, 0.6) is 11.5 Å². The lowest BCUT2D eigenvalue weighted by molar-refractivity contribution is -0.136. The standard InChI is InChI=1S/C28H25NO6/c1-18(2)20-8-11-22(12-9-20)33-17-26(30)34-23-13-10-21-14-24(28(32)35-25(21)15-23)27(31)29-16-19-6-4-3-5-7-19/h3-15,18H,16-17H2,1-2H3,(H,29,31).